The van der Waals surface area contributed by atoms with Crippen LogP contribution in [0.1, 0.15) is 17.3 Å². The van der Waals surface area contributed by atoms with Gasteiger partial charge in [0.15, 0.2) is 11.6 Å². The van der Waals surface area contributed by atoms with Gasteiger partial charge in [-0.1, -0.05) is 47.7 Å². The lowest BCUT2D eigenvalue weighted by Gasteiger charge is -2.20. The van der Waals surface area contributed by atoms with Crippen molar-refractivity contribution in [2.75, 3.05) is 38.7 Å². The number of carbonyl (C=O) groups excluding carboxylic acids is 1. The van der Waals surface area contributed by atoms with E-state index in [1.165, 1.54) is 17.4 Å². The number of amides is 2. The van der Waals surface area contributed by atoms with E-state index in [0.29, 0.717) is 53.3 Å². The second kappa shape index (κ2) is 11.9. The molecule has 2 aromatic heterocycles. The molecule has 202 valence electrons. The molecule has 0 aliphatic carbocycles. The van der Waals surface area contributed by atoms with E-state index in [2.05, 4.69) is 25.5 Å². The number of nitrogens with one attached hydrogen (secondary N) is 2. The Morgan fingerprint density at radius 2 is 1.85 bits per heavy atom. The molecule has 2 unspecified atom stereocenters. The largest absolute Gasteiger partial charge is 0.383 e. The molecule has 0 radical (unpaired) electrons. The first-order valence-corrected chi connectivity index (χ1v) is 13.3. The molecule has 3 heterocycles. The standard InChI is InChI=1S/C28H28F2N6O2S/c1-17-31-13-20(14-32-17)26-34-25(18-6-4-3-5-7-18)27(39-26)35-28(37)33-24-16-36(10-11-38-2)15-21(24)19-8-9-22(29)23(30)12-19/h3-9,12-14,21,24H,10-11,15-16H2,1-2H3,(H2,33,35,37). The van der Waals surface area contributed by atoms with Crippen LogP contribution in [-0.4, -0.2) is 65.3 Å². The van der Waals surface area contributed by atoms with Crippen LogP contribution in [0.2, 0.25) is 0 Å². The number of anilines is 1. The normalized spacial score (nSPS) is 17.3. The van der Waals surface area contributed by atoms with Crippen molar-refractivity contribution < 1.29 is 18.3 Å². The summed E-state index contributed by atoms with van der Waals surface area (Å²) in [6.07, 6.45) is 3.42. The van der Waals surface area contributed by atoms with Crippen LogP contribution in [0, 0.1) is 18.6 Å². The highest BCUT2D eigenvalue weighted by atomic mass is 32.1. The average molecular weight is 551 g/mol. The van der Waals surface area contributed by atoms with Crippen LogP contribution in [0.15, 0.2) is 60.9 Å². The first-order chi connectivity index (χ1) is 18.9. The fourth-order valence-electron chi connectivity index (χ4n) is 4.65. The number of rotatable bonds is 8. The second-order valence-electron chi connectivity index (χ2n) is 9.32. The highest BCUT2D eigenvalue weighted by molar-refractivity contribution is 7.19. The first kappa shape index (κ1) is 26.8. The number of nitrogens with zero attached hydrogens (tertiary/aromatic N) is 4. The van der Waals surface area contributed by atoms with Crippen molar-refractivity contribution in [1.82, 2.24) is 25.2 Å². The third-order valence-corrected chi connectivity index (χ3v) is 7.64. The van der Waals surface area contributed by atoms with Gasteiger partial charge in [0.05, 0.1) is 12.6 Å². The topological polar surface area (TPSA) is 92.3 Å². The number of methoxy groups -OCH3 is 1. The smallest absolute Gasteiger partial charge is 0.320 e. The van der Waals surface area contributed by atoms with E-state index in [1.807, 2.05) is 37.3 Å². The van der Waals surface area contributed by atoms with Crippen molar-refractivity contribution in [1.29, 1.82) is 0 Å². The number of ether oxygens (including phenoxy) is 1. The number of likely N-dealkylation sites (tertiary alicyclic amines) is 1. The molecule has 2 amide bonds. The van der Waals surface area contributed by atoms with Crippen LogP contribution >= 0.6 is 11.3 Å². The number of aromatic nitrogens is 3. The maximum absolute atomic E-state index is 14.1. The predicted octanol–water partition coefficient (Wildman–Crippen LogP) is 5.09. The Labute approximate surface area is 229 Å². The van der Waals surface area contributed by atoms with Crippen molar-refractivity contribution in [3.05, 3.63) is 83.9 Å². The van der Waals surface area contributed by atoms with Crippen molar-refractivity contribution >= 4 is 22.4 Å². The molecule has 1 saturated heterocycles. The van der Waals surface area contributed by atoms with Gasteiger partial charge in [0.1, 0.15) is 21.5 Å². The third-order valence-electron chi connectivity index (χ3n) is 6.62. The lowest BCUT2D eigenvalue weighted by Crippen LogP contribution is -2.42. The lowest BCUT2D eigenvalue weighted by atomic mass is 9.94. The van der Waals surface area contributed by atoms with Gasteiger partial charge in [-0.2, -0.15) is 0 Å². The van der Waals surface area contributed by atoms with Gasteiger partial charge in [-0.05, 0) is 24.6 Å². The average Bonchev–Trinajstić information content (AvgIpc) is 3.54. The Morgan fingerprint density at radius 3 is 2.56 bits per heavy atom. The van der Waals surface area contributed by atoms with Crippen molar-refractivity contribution in [2.24, 2.45) is 0 Å². The molecule has 2 aromatic carbocycles. The molecule has 2 N–H and O–H groups in total. The highest BCUT2D eigenvalue weighted by Gasteiger charge is 2.35. The minimum absolute atomic E-state index is 0.224. The van der Waals surface area contributed by atoms with Gasteiger partial charge < -0.3 is 10.1 Å². The molecule has 1 fully saturated rings. The summed E-state index contributed by atoms with van der Waals surface area (Å²) in [7, 11) is 1.63. The number of hydrogen-bond acceptors (Lipinski definition) is 7. The SMILES string of the molecule is COCCN1CC(NC(=O)Nc2sc(-c3cnc(C)nc3)nc2-c2ccccc2)C(c2ccc(F)c(F)c2)C1. The third kappa shape index (κ3) is 6.27. The zero-order valence-corrected chi connectivity index (χ0v) is 22.3. The monoisotopic (exact) mass is 550 g/mol. The summed E-state index contributed by atoms with van der Waals surface area (Å²) in [5.74, 6) is -1.37. The number of halogens is 2. The molecule has 8 nitrogen and oxygen atoms in total. The lowest BCUT2D eigenvalue weighted by molar-refractivity contribution is 0.159. The molecule has 0 saturated carbocycles. The molecule has 1 aliphatic heterocycles. The van der Waals surface area contributed by atoms with E-state index in [9.17, 15) is 13.6 Å². The van der Waals surface area contributed by atoms with Gasteiger partial charge >= 0.3 is 6.03 Å². The van der Waals surface area contributed by atoms with Crippen LogP contribution in [-0.2, 0) is 4.74 Å². The van der Waals surface area contributed by atoms with Crippen LogP contribution in [0.25, 0.3) is 21.8 Å². The fraction of sp³-hybridized carbons (Fsp3) is 0.286. The van der Waals surface area contributed by atoms with E-state index in [4.69, 9.17) is 9.72 Å². The van der Waals surface area contributed by atoms with Crippen LogP contribution < -0.4 is 10.6 Å². The van der Waals surface area contributed by atoms with E-state index >= 15 is 0 Å². The summed E-state index contributed by atoms with van der Waals surface area (Å²) in [5.41, 5.74) is 2.87. The maximum atomic E-state index is 14.1. The summed E-state index contributed by atoms with van der Waals surface area (Å²) in [6.45, 7) is 4.11. The molecule has 0 spiro atoms. The zero-order chi connectivity index (χ0) is 27.4. The van der Waals surface area contributed by atoms with Crippen molar-refractivity contribution in [2.45, 2.75) is 18.9 Å². The molecule has 2 atom stereocenters. The minimum atomic E-state index is -0.907. The summed E-state index contributed by atoms with van der Waals surface area (Å²) in [5, 5.41) is 7.29. The van der Waals surface area contributed by atoms with Gasteiger partial charge in [-0.25, -0.2) is 28.5 Å². The van der Waals surface area contributed by atoms with Gasteiger partial charge in [0, 0.05) is 56.2 Å². The zero-order valence-electron chi connectivity index (χ0n) is 21.5. The molecular formula is C28H28F2N6O2S. The second-order valence-corrected chi connectivity index (χ2v) is 10.3. The molecule has 11 heteroatoms. The Morgan fingerprint density at radius 1 is 1.08 bits per heavy atom. The van der Waals surface area contributed by atoms with E-state index in [0.717, 1.165) is 17.2 Å². The summed E-state index contributed by atoms with van der Waals surface area (Å²) in [6, 6.07) is 12.8. The fourth-order valence-corrected chi connectivity index (χ4v) is 5.60. The number of aryl methyl sites for hydroxylation is 1. The van der Waals surface area contributed by atoms with Gasteiger partial charge in [-0.3, -0.25) is 10.2 Å². The Balaban J connectivity index is 1.39. The molecular weight excluding hydrogens is 522 g/mol. The van der Waals surface area contributed by atoms with E-state index < -0.39 is 17.7 Å². The van der Waals surface area contributed by atoms with Crippen LogP contribution in [0.4, 0.5) is 18.6 Å². The molecule has 39 heavy (non-hydrogen) atoms. The molecule has 0 bridgehead atoms. The van der Waals surface area contributed by atoms with Crippen molar-refractivity contribution in [3.8, 4) is 21.8 Å². The number of benzene rings is 2. The van der Waals surface area contributed by atoms with Crippen LogP contribution in [0.3, 0.4) is 0 Å². The Bertz CT molecular complexity index is 1430. The maximum Gasteiger partial charge on any atom is 0.320 e. The Kier molecular flexibility index (Phi) is 8.20. The molecule has 4 aromatic rings. The predicted molar refractivity (Wildman–Crippen MR) is 147 cm³/mol. The van der Waals surface area contributed by atoms with Gasteiger partial charge in [-0.15, -0.1) is 0 Å². The number of hydrogen-bond donors (Lipinski definition) is 2. The van der Waals surface area contributed by atoms with Gasteiger partial charge in [0.2, 0.25) is 0 Å². The number of urea groups is 1. The summed E-state index contributed by atoms with van der Waals surface area (Å²) in [4.78, 5) is 28.8. The Hall–Kier alpha value is -3.80. The van der Waals surface area contributed by atoms with E-state index in [-0.39, 0.29) is 12.0 Å². The minimum Gasteiger partial charge on any atom is -0.383 e. The van der Waals surface area contributed by atoms with Crippen molar-refractivity contribution in [3.63, 3.8) is 0 Å². The molecule has 5 rings (SSSR count). The number of thiazole rings is 1. The molecule has 1 aliphatic rings. The first-order valence-electron chi connectivity index (χ1n) is 12.5. The summed E-state index contributed by atoms with van der Waals surface area (Å²) >= 11 is 1.33. The number of carbonyl (C=O) groups is 1. The highest BCUT2D eigenvalue weighted by Crippen LogP contribution is 2.38. The van der Waals surface area contributed by atoms with E-state index in [1.54, 1.807) is 25.6 Å². The van der Waals surface area contributed by atoms with Gasteiger partial charge in [0.25, 0.3) is 0 Å². The quantitative estimate of drug-likeness (QED) is 0.318. The van der Waals surface area contributed by atoms with Crippen LogP contribution in [0.5, 0.6) is 0 Å². The summed E-state index contributed by atoms with van der Waals surface area (Å²) < 4.78 is 32.9.